The Hall–Kier alpha value is -2.21. The number of amides is 1. The molecule has 6 nitrogen and oxygen atoms in total. The monoisotopic (exact) mass is 246 g/mol. The highest BCUT2D eigenvalue weighted by Gasteiger charge is 2.20. The molecule has 6 heteroatoms. The SMILES string of the molecule is COC(C(=O)Nc1n[nH]c(C)n1)c1ccccc1. The van der Waals surface area contributed by atoms with Gasteiger partial charge in [-0.15, -0.1) is 5.10 Å². The lowest BCUT2D eigenvalue weighted by Gasteiger charge is -2.13. The number of aryl methyl sites for hydroxylation is 1. The van der Waals surface area contributed by atoms with E-state index >= 15 is 0 Å². The van der Waals surface area contributed by atoms with Gasteiger partial charge in [-0.25, -0.2) is 0 Å². The standard InChI is InChI=1S/C12H14N4O2/c1-8-13-12(16-15-8)14-11(17)10(18-2)9-6-4-3-5-7-9/h3-7,10H,1-2H3,(H2,13,14,15,16,17). The van der Waals surface area contributed by atoms with Crippen molar-refractivity contribution in [3.05, 3.63) is 41.7 Å². The number of H-pyrrole nitrogens is 1. The smallest absolute Gasteiger partial charge is 0.260 e. The molecule has 0 aliphatic rings. The van der Waals surface area contributed by atoms with Crippen molar-refractivity contribution in [2.45, 2.75) is 13.0 Å². The van der Waals surface area contributed by atoms with E-state index in [2.05, 4.69) is 20.5 Å². The van der Waals surface area contributed by atoms with Gasteiger partial charge in [0.15, 0.2) is 6.10 Å². The molecule has 0 bridgehead atoms. The first-order valence-corrected chi connectivity index (χ1v) is 5.48. The van der Waals surface area contributed by atoms with Gasteiger partial charge in [0, 0.05) is 7.11 Å². The summed E-state index contributed by atoms with van der Waals surface area (Å²) in [6, 6.07) is 9.25. The van der Waals surface area contributed by atoms with Crippen LogP contribution in [0.5, 0.6) is 0 Å². The largest absolute Gasteiger partial charge is 0.367 e. The van der Waals surface area contributed by atoms with Crippen LogP contribution in [0.4, 0.5) is 5.95 Å². The van der Waals surface area contributed by atoms with E-state index in [0.29, 0.717) is 5.82 Å². The predicted molar refractivity (Wildman–Crippen MR) is 65.9 cm³/mol. The maximum atomic E-state index is 12.0. The van der Waals surface area contributed by atoms with Gasteiger partial charge in [0.2, 0.25) is 5.95 Å². The molecule has 0 saturated heterocycles. The van der Waals surface area contributed by atoms with Gasteiger partial charge in [-0.3, -0.25) is 15.2 Å². The first-order valence-electron chi connectivity index (χ1n) is 5.48. The van der Waals surface area contributed by atoms with Crippen LogP contribution in [-0.4, -0.2) is 28.2 Å². The molecule has 1 amide bonds. The van der Waals surface area contributed by atoms with Gasteiger partial charge >= 0.3 is 0 Å². The van der Waals surface area contributed by atoms with Gasteiger partial charge in [0.1, 0.15) is 5.82 Å². The van der Waals surface area contributed by atoms with E-state index in [-0.39, 0.29) is 11.9 Å². The van der Waals surface area contributed by atoms with Crippen LogP contribution in [-0.2, 0) is 9.53 Å². The van der Waals surface area contributed by atoms with Gasteiger partial charge in [0.05, 0.1) is 0 Å². The van der Waals surface area contributed by atoms with E-state index in [4.69, 9.17) is 4.74 Å². The zero-order valence-corrected chi connectivity index (χ0v) is 10.2. The van der Waals surface area contributed by atoms with Crippen LogP contribution in [0.3, 0.4) is 0 Å². The topological polar surface area (TPSA) is 79.9 Å². The number of methoxy groups -OCH3 is 1. The average molecular weight is 246 g/mol. The summed E-state index contributed by atoms with van der Waals surface area (Å²) in [5.74, 6) is 0.581. The Morgan fingerprint density at radius 2 is 2.11 bits per heavy atom. The van der Waals surface area contributed by atoms with Gasteiger partial charge in [-0.1, -0.05) is 30.3 Å². The normalized spacial score (nSPS) is 12.1. The molecule has 2 rings (SSSR count). The zero-order valence-electron chi connectivity index (χ0n) is 10.2. The molecule has 1 atom stereocenters. The molecule has 1 aromatic carbocycles. The number of hydrogen-bond acceptors (Lipinski definition) is 4. The molecule has 18 heavy (non-hydrogen) atoms. The number of benzene rings is 1. The van der Waals surface area contributed by atoms with Gasteiger partial charge in [0.25, 0.3) is 5.91 Å². The summed E-state index contributed by atoms with van der Waals surface area (Å²) in [4.78, 5) is 16.0. The maximum Gasteiger partial charge on any atom is 0.260 e. The summed E-state index contributed by atoms with van der Waals surface area (Å²) in [7, 11) is 1.49. The minimum atomic E-state index is -0.676. The molecule has 2 aromatic rings. The summed E-state index contributed by atoms with van der Waals surface area (Å²) in [5.41, 5.74) is 0.782. The van der Waals surface area contributed by atoms with Gasteiger partial charge < -0.3 is 4.74 Å². The molecule has 1 unspecified atom stereocenters. The number of hydrogen-bond donors (Lipinski definition) is 2. The fourth-order valence-corrected chi connectivity index (χ4v) is 1.60. The van der Waals surface area contributed by atoms with Crippen LogP contribution in [0.2, 0.25) is 0 Å². The third-order valence-corrected chi connectivity index (χ3v) is 2.41. The van der Waals surface area contributed by atoms with Crippen LogP contribution >= 0.6 is 0 Å². The third-order valence-electron chi connectivity index (χ3n) is 2.41. The van der Waals surface area contributed by atoms with E-state index in [1.165, 1.54) is 7.11 Å². The number of ether oxygens (including phenoxy) is 1. The molecule has 0 spiro atoms. The second-order valence-corrected chi connectivity index (χ2v) is 3.76. The molecular formula is C12H14N4O2. The molecule has 1 aromatic heterocycles. The van der Waals surface area contributed by atoms with Crippen LogP contribution in [0.25, 0.3) is 0 Å². The average Bonchev–Trinajstić information content (AvgIpc) is 2.77. The van der Waals surface area contributed by atoms with Crippen molar-refractivity contribution >= 4 is 11.9 Å². The van der Waals surface area contributed by atoms with E-state index < -0.39 is 6.10 Å². The molecular weight excluding hydrogens is 232 g/mol. The first kappa shape index (κ1) is 12.3. The Morgan fingerprint density at radius 1 is 1.39 bits per heavy atom. The number of carbonyl (C=O) groups excluding carboxylic acids is 1. The van der Waals surface area contributed by atoms with Crippen molar-refractivity contribution in [2.75, 3.05) is 12.4 Å². The lowest BCUT2D eigenvalue weighted by molar-refractivity contribution is -0.126. The second kappa shape index (κ2) is 5.42. The van der Waals surface area contributed by atoms with Gasteiger partial charge in [-0.2, -0.15) is 4.98 Å². The van der Waals surface area contributed by atoms with Crippen molar-refractivity contribution in [3.63, 3.8) is 0 Å². The van der Waals surface area contributed by atoms with E-state index in [1.807, 2.05) is 30.3 Å². The zero-order chi connectivity index (χ0) is 13.0. The fourth-order valence-electron chi connectivity index (χ4n) is 1.60. The van der Waals surface area contributed by atoms with E-state index in [0.717, 1.165) is 5.56 Å². The van der Waals surface area contributed by atoms with Gasteiger partial charge in [-0.05, 0) is 12.5 Å². The summed E-state index contributed by atoms with van der Waals surface area (Å²) < 4.78 is 5.20. The molecule has 94 valence electrons. The van der Waals surface area contributed by atoms with E-state index in [1.54, 1.807) is 6.92 Å². The van der Waals surface area contributed by atoms with E-state index in [9.17, 15) is 4.79 Å². The summed E-state index contributed by atoms with van der Waals surface area (Å²) >= 11 is 0. The predicted octanol–water partition coefficient (Wildman–Crippen LogP) is 1.44. The number of nitrogens with zero attached hydrogens (tertiary/aromatic N) is 2. The molecule has 0 aliphatic heterocycles. The quantitative estimate of drug-likeness (QED) is 0.855. The van der Waals surface area contributed by atoms with Crippen molar-refractivity contribution in [1.82, 2.24) is 15.2 Å². The lowest BCUT2D eigenvalue weighted by atomic mass is 10.1. The van der Waals surface area contributed by atoms with Crippen molar-refractivity contribution in [1.29, 1.82) is 0 Å². The summed E-state index contributed by atoms with van der Waals surface area (Å²) in [6.07, 6.45) is -0.676. The molecule has 2 N–H and O–H groups in total. The molecule has 1 heterocycles. The highest BCUT2D eigenvalue weighted by atomic mass is 16.5. The Kier molecular flexibility index (Phi) is 3.69. The lowest BCUT2D eigenvalue weighted by Crippen LogP contribution is -2.23. The minimum Gasteiger partial charge on any atom is -0.367 e. The molecule has 0 fully saturated rings. The Bertz CT molecular complexity index is 524. The number of rotatable bonds is 4. The summed E-state index contributed by atoms with van der Waals surface area (Å²) in [6.45, 7) is 1.76. The Labute approximate surface area is 104 Å². The molecule has 0 aliphatic carbocycles. The minimum absolute atomic E-state index is 0.246. The second-order valence-electron chi connectivity index (χ2n) is 3.76. The number of nitrogens with one attached hydrogen (secondary N) is 2. The van der Waals surface area contributed by atoms with Crippen molar-refractivity contribution in [3.8, 4) is 0 Å². The number of carbonyl (C=O) groups is 1. The Morgan fingerprint density at radius 3 is 2.67 bits per heavy atom. The Balaban J connectivity index is 2.11. The van der Waals surface area contributed by atoms with Crippen LogP contribution in [0.15, 0.2) is 30.3 Å². The van der Waals surface area contributed by atoms with Crippen LogP contribution < -0.4 is 5.32 Å². The van der Waals surface area contributed by atoms with Crippen LogP contribution in [0, 0.1) is 6.92 Å². The highest BCUT2D eigenvalue weighted by molar-refractivity contribution is 5.93. The maximum absolute atomic E-state index is 12.0. The number of anilines is 1. The fraction of sp³-hybridized carbons (Fsp3) is 0.250. The first-order chi connectivity index (χ1) is 8.70. The van der Waals surface area contributed by atoms with Crippen molar-refractivity contribution < 1.29 is 9.53 Å². The summed E-state index contributed by atoms with van der Waals surface area (Å²) in [5, 5.41) is 9.09. The molecule has 0 radical (unpaired) electrons. The number of aromatic amines is 1. The van der Waals surface area contributed by atoms with Crippen LogP contribution in [0.1, 0.15) is 17.5 Å². The highest BCUT2D eigenvalue weighted by Crippen LogP contribution is 2.17. The van der Waals surface area contributed by atoms with Crippen molar-refractivity contribution in [2.24, 2.45) is 0 Å². The third kappa shape index (κ3) is 2.72. The number of aromatic nitrogens is 3. The molecule has 0 saturated carbocycles.